The van der Waals surface area contributed by atoms with E-state index in [1.54, 1.807) is 0 Å². The second-order valence-electron chi connectivity index (χ2n) is 5.36. The molecule has 2 aliphatic rings. The lowest BCUT2D eigenvalue weighted by Crippen LogP contribution is -2.37. The van der Waals surface area contributed by atoms with Crippen molar-refractivity contribution in [3.05, 3.63) is 35.4 Å². The molecule has 1 unspecified atom stereocenters. The quantitative estimate of drug-likeness (QED) is 0.882. The lowest BCUT2D eigenvalue weighted by molar-refractivity contribution is 0.332. The summed E-state index contributed by atoms with van der Waals surface area (Å²) < 4.78 is 0. The number of guanidine groups is 1. The van der Waals surface area contributed by atoms with Crippen molar-refractivity contribution in [3.63, 3.8) is 0 Å². The van der Waals surface area contributed by atoms with Gasteiger partial charge in [-0.2, -0.15) is 0 Å². The number of aryl methyl sites for hydroxylation is 1. The number of hydrogen-bond donors (Lipinski definition) is 1. The number of nitrogens with zero attached hydrogens (tertiary/aromatic N) is 2. The molecule has 3 rings (SSSR count). The van der Waals surface area contributed by atoms with Gasteiger partial charge in [-0.15, -0.1) is 0 Å². The van der Waals surface area contributed by atoms with E-state index in [1.807, 2.05) is 0 Å². The van der Waals surface area contributed by atoms with Crippen LogP contribution in [0.1, 0.15) is 36.9 Å². The second kappa shape index (κ2) is 4.63. The van der Waals surface area contributed by atoms with Gasteiger partial charge in [0.1, 0.15) is 0 Å². The fraction of sp³-hybridized carbons (Fsp3) is 0.533. The van der Waals surface area contributed by atoms with Crippen molar-refractivity contribution < 1.29 is 0 Å². The van der Waals surface area contributed by atoms with E-state index in [0.717, 1.165) is 31.4 Å². The molecule has 96 valence electrons. The van der Waals surface area contributed by atoms with Gasteiger partial charge in [0.05, 0.1) is 12.6 Å². The molecule has 0 saturated heterocycles. The highest BCUT2D eigenvalue weighted by Gasteiger charge is 2.33. The summed E-state index contributed by atoms with van der Waals surface area (Å²) in [5.74, 6) is 1.57. The van der Waals surface area contributed by atoms with Gasteiger partial charge < -0.3 is 10.6 Å². The van der Waals surface area contributed by atoms with E-state index < -0.39 is 0 Å². The molecule has 0 aromatic heterocycles. The molecule has 1 fully saturated rings. The minimum absolute atomic E-state index is 0.363. The molecule has 1 aromatic carbocycles. The van der Waals surface area contributed by atoms with Gasteiger partial charge in [0.2, 0.25) is 0 Å². The summed E-state index contributed by atoms with van der Waals surface area (Å²) in [5, 5.41) is 0. The van der Waals surface area contributed by atoms with Gasteiger partial charge in [-0.25, -0.2) is 0 Å². The average molecular weight is 243 g/mol. The van der Waals surface area contributed by atoms with Crippen LogP contribution in [-0.2, 0) is 6.42 Å². The summed E-state index contributed by atoms with van der Waals surface area (Å²) in [5.41, 5.74) is 8.88. The van der Waals surface area contributed by atoms with Gasteiger partial charge in [0.15, 0.2) is 5.96 Å². The van der Waals surface area contributed by atoms with Crippen molar-refractivity contribution >= 4 is 5.96 Å². The maximum absolute atomic E-state index is 6.05. The number of nitrogens with two attached hydrogens (primary N) is 1. The normalized spacial score (nSPS) is 23.3. The van der Waals surface area contributed by atoms with E-state index in [2.05, 4.69) is 41.1 Å². The van der Waals surface area contributed by atoms with Crippen LogP contribution < -0.4 is 5.73 Å². The van der Waals surface area contributed by atoms with E-state index in [4.69, 9.17) is 5.73 Å². The average Bonchev–Trinajstić information content (AvgIpc) is 3.15. The Bertz CT molecular complexity index is 463. The molecule has 0 amide bonds. The van der Waals surface area contributed by atoms with Crippen molar-refractivity contribution in [2.24, 2.45) is 16.6 Å². The molecule has 1 saturated carbocycles. The molecule has 1 aromatic rings. The lowest BCUT2D eigenvalue weighted by atomic mass is 9.98. The molecular formula is C15H21N3. The third kappa shape index (κ3) is 2.09. The van der Waals surface area contributed by atoms with Gasteiger partial charge in [-0.1, -0.05) is 31.2 Å². The fourth-order valence-corrected chi connectivity index (χ4v) is 2.78. The van der Waals surface area contributed by atoms with Crippen LogP contribution in [0.15, 0.2) is 29.3 Å². The van der Waals surface area contributed by atoms with Gasteiger partial charge in [-0.05, 0) is 36.3 Å². The Morgan fingerprint density at radius 2 is 2.11 bits per heavy atom. The van der Waals surface area contributed by atoms with Crippen molar-refractivity contribution in [2.45, 2.75) is 32.2 Å². The summed E-state index contributed by atoms with van der Waals surface area (Å²) >= 11 is 0. The van der Waals surface area contributed by atoms with Crippen LogP contribution >= 0.6 is 0 Å². The first-order valence-corrected chi connectivity index (χ1v) is 6.94. The highest BCUT2D eigenvalue weighted by molar-refractivity contribution is 5.80. The van der Waals surface area contributed by atoms with E-state index in [1.165, 1.54) is 24.0 Å². The van der Waals surface area contributed by atoms with Gasteiger partial charge >= 0.3 is 0 Å². The highest BCUT2D eigenvalue weighted by Crippen LogP contribution is 2.35. The maximum Gasteiger partial charge on any atom is 0.191 e. The predicted molar refractivity (Wildman–Crippen MR) is 74.5 cm³/mol. The van der Waals surface area contributed by atoms with Crippen LogP contribution in [0.3, 0.4) is 0 Å². The molecule has 1 aliphatic carbocycles. The molecule has 3 nitrogen and oxygen atoms in total. The minimum Gasteiger partial charge on any atom is -0.370 e. The van der Waals surface area contributed by atoms with Gasteiger partial charge in [0, 0.05) is 6.54 Å². The highest BCUT2D eigenvalue weighted by atomic mass is 15.3. The lowest BCUT2D eigenvalue weighted by Gasteiger charge is -2.28. The van der Waals surface area contributed by atoms with Crippen molar-refractivity contribution in [1.82, 2.24) is 4.90 Å². The molecule has 1 atom stereocenters. The molecule has 18 heavy (non-hydrogen) atoms. The Labute approximate surface area is 109 Å². The molecule has 2 N–H and O–H groups in total. The van der Waals surface area contributed by atoms with Crippen LogP contribution in [-0.4, -0.2) is 23.9 Å². The smallest absolute Gasteiger partial charge is 0.191 e. The molecule has 0 radical (unpaired) electrons. The van der Waals surface area contributed by atoms with Gasteiger partial charge in [0.25, 0.3) is 0 Å². The van der Waals surface area contributed by atoms with Gasteiger partial charge in [-0.3, -0.25) is 4.99 Å². The third-order valence-corrected chi connectivity index (χ3v) is 4.04. The van der Waals surface area contributed by atoms with E-state index in [-0.39, 0.29) is 0 Å². The zero-order chi connectivity index (χ0) is 12.5. The minimum atomic E-state index is 0.363. The van der Waals surface area contributed by atoms with Crippen molar-refractivity contribution in [2.75, 3.05) is 13.1 Å². The number of benzene rings is 1. The predicted octanol–water partition coefficient (Wildman–Crippen LogP) is 2.33. The fourth-order valence-electron chi connectivity index (χ4n) is 2.78. The SMILES string of the molecule is CCc1ccccc1C1CN=C(N)N1CC1CC1. The maximum atomic E-state index is 6.05. The standard InChI is InChI=1S/C15H21N3/c1-2-12-5-3-4-6-13(12)14-9-17-15(16)18(14)10-11-7-8-11/h3-6,11,14H,2,7-10H2,1H3,(H2,16,17). The van der Waals surface area contributed by atoms with Crippen LogP contribution in [0.2, 0.25) is 0 Å². The number of hydrogen-bond acceptors (Lipinski definition) is 3. The Balaban J connectivity index is 1.85. The zero-order valence-electron chi connectivity index (χ0n) is 11.0. The van der Waals surface area contributed by atoms with Crippen LogP contribution in [0.25, 0.3) is 0 Å². The Morgan fingerprint density at radius 1 is 1.33 bits per heavy atom. The van der Waals surface area contributed by atoms with E-state index in [0.29, 0.717) is 6.04 Å². The van der Waals surface area contributed by atoms with E-state index >= 15 is 0 Å². The first-order chi connectivity index (χ1) is 8.79. The molecule has 3 heteroatoms. The molecular weight excluding hydrogens is 222 g/mol. The second-order valence-corrected chi connectivity index (χ2v) is 5.36. The summed E-state index contributed by atoms with van der Waals surface area (Å²) in [6.45, 7) is 4.11. The summed E-state index contributed by atoms with van der Waals surface area (Å²) in [7, 11) is 0. The van der Waals surface area contributed by atoms with Crippen LogP contribution in [0.5, 0.6) is 0 Å². The number of rotatable bonds is 4. The topological polar surface area (TPSA) is 41.6 Å². The van der Waals surface area contributed by atoms with Crippen molar-refractivity contribution in [3.8, 4) is 0 Å². The zero-order valence-corrected chi connectivity index (χ0v) is 11.0. The summed E-state index contributed by atoms with van der Waals surface area (Å²) in [4.78, 5) is 6.76. The third-order valence-electron chi connectivity index (χ3n) is 4.04. The molecule has 0 bridgehead atoms. The Hall–Kier alpha value is -1.51. The Kier molecular flexibility index (Phi) is 2.98. The van der Waals surface area contributed by atoms with E-state index in [9.17, 15) is 0 Å². The van der Waals surface area contributed by atoms with Crippen LogP contribution in [0.4, 0.5) is 0 Å². The monoisotopic (exact) mass is 243 g/mol. The summed E-state index contributed by atoms with van der Waals surface area (Å²) in [6.07, 6.45) is 3.78. The molecule has 1 heterocycles. The van der Waals surface area contributed by atoms with Crippen molar-refractivity contribution in [1.29, 1.82) is 0 Å². The molecule has 1 aliphatic heterocycles. The van der Waals surface area contributed by atoms with Crippen LogP contribution in [0, 0.1) is 5.92 Å². The Morgan fingerprint density at radius 3 is 2.83 bits per heavy atom. The first-order valence-electron chi connectivity index (χ1n) is 6.94. The largest absolute Gasteiger partial charge is 0.370 e. The molecule has 0 spiro atoms. The first kappa shape index (κ1) is 11.6. The summed E-state index contributed by atoms with van der Waals surface area (Å²) in [6, 6.07) is 9.06. The number of aliphatic imine (C=N–C) groups is 1.